The van der Waals surface area contributed by atoms with Crippen LogP contribution >= 0.6 is 0 Å². The van der Waals surface area contributed by atoms with Gasteiger partial charge in [-0.25, -0.2) is 9.97 Å². The maximum absolute atomic E-state index is 12.7. The number of hydrogen-bond donors (Lipinski definition) is 2. The number of hydrogen-bond acceptors (Lipinski definition) is 5. The van der Waals surface area contributed by atoms with Gasteiger partial charge in [-0.1, -0.05) is 44.2 Å². The smallest absolute Gasteiger partial charge is 0.223 e. The Labute approximate surface area is 178 Å². The van der Waals surface area contributed by atoms with E-state index in [1.54, 1.807) is 0 Å². The van der Waals surface area contributed by atoms with Gasteiger partial charge >= 0.3 is 0 Å². The van der Waals surface area contributed by atoms with Crippen molar-refractivity contribution in [2.45, 2.75) is 52.0 Å². The summed E-state index contributed by atoms with van der Waals surface area (Å²) in [5.41, 5.74) is 3.52. The Hall–Kier alpha value is -2.47. The van der Waals surface area contributed by atoms with Crippen molar-refractivity contribution < 1.29 is 9.90 Å². The Morgan fingerprint density at radius 2 is 1.90 bits per heavy atom. The number of benzene rings is 1. The Kier molecular flexibility index (Phi) is 6.32. The average molecular weight is 409 g/mol. The van der Waals surface area contributed by atoms with E-state index in [2.05, 4.69) is 22.3 Å². The van der Waals surface area contributed by atoms with Gasteiger partial charge in [-0.15, -0.1) is 0 Å². The number of amides is 1. The highest BCUT2D eigenvalue weighted by atomic mass is 16.3. The van der Waals surface area contributed by atoms with Crippen LogP contribution in [0, 0.1) is 11.8 Å². The van der Waals surface area contributed by atoms with Crippen molar-refractivity contribution >= 4 is 11.7 Å². The van der Waals surface area contributed by atoms with E-state index in [1.807, 2.05) is 32.0 Å². The number of aliphatic hydroxyl groups is 1. The van der Waals surface area contributed by atoms with Gasteiger partial charge in [0.2, 0.25) is 5.91 Å². The third-order valence-electron chi connectivity index (χ3n) is 6.44. The number of carbonyl (C=O) groups is 1. The lowest BCUT2D eigenvalue weighted by Gasteiger charge is -2.34. The second kappa shape index (κ2) is 9.13. The molecule has 0 spiro atoms. The van der Waals surface area contributed by atoms with E-state index in [-0.39, 0.29) is 30.4 Å². The minimum absolute atomic E-state index is 0.00229. The number of anilines is 1. The predicted molar refractivity (Wildman–Crippen MR) is 118 cm³/mol. The van der Waals surface area contributed by atoms with Crippen molar-refractivity contribution in [2.75, 3.05) is 24.6 Å². The topological polar surface area (TPSA) is 78.4 Å². The van der Waals surface area contributed by atoms with Crippen molar-refractivity contribution in [3.8, 4) is 11.4 Å². The number of nitrogens with one attached hydrogen (secondary N) is 1. The second-order valence-electron chi connectivity index (χ2n) is 8.82. The first-order valence-corrected chi connectivity index (χ1v) is 11.2. The molecular weight excluding hydrogens is 376 g/mol. The first-order chi connectivity index (χ1) is 14.6. The molecule has 1 aromatic heterocycles. The molecule has 6 heteroatoms. The number of carbonyl (C=O) groups excluding carboxylic acids is 1. The Balaban J connectivity index is 1.48. The van der Waals surface area contributed by atoms with Crippen LogP contribution < -0.4 is 10.2 Å². The SMILES string of the molecule is CC(C)C(CO)NC(=O)C1CCN(c2nc(-c3ccccc3)nc3c2CCC3)CC1. The van der Waals surface area contributed by atoms with E-state index in [9.17, 15) is 9.90 Å². The zero-order valence-corrected chi connectivity index (χ0v) is 18.0. The van der Waals surface area contributed by atoms with Gasteiger partial charge in [0.05, 0.1) is 12.6 Å². The molecule has 6 nitrogen and oxygen atoms in total. The summed E-state index contributed by atoms with van der Waals surface area (Å²) in [7, 11) is 0. The zero-order chi connectivity index (χ0) is 21.1. The van der Waals surface area contributed by atoms with Crippen LogP contribution in [0.15, 0.2) is 30.3 Å². The first-order valence-electron chi connectivity index (χ1n) is 11.2. The fourth-order valence-electron chi connectivity index (χ4n) is 4.47. The number of rotatable bonds is 6. The van der Waals surface area contributed by atoms with Crippen LogP contribution in [0.25, 0.3) is 11.4 Å². The summed E-state index contributed by atoms with van der Waals surface area (Å²) in [6.45, 7) is 5.66. The van der Waals surface area contributed by atoms with Gasteiger partial charge < -0.3 is 15.3 Å². The van der Waals surface area contributed by atoms with Crippen LogP contribution in [-0.4, -0.2) is 46.7 Å². The molecule has 2 heterocycles. The molecular formula is C24H32N4O2. The molecule has 1 atom stereocenters. The third kappa shape index (κ3) is 4.33. The molecule has 1 fully saturated rings. The summed E-state index contributed by atoms with van der Waals surface area (Å²) < 4.78 is 0. The summed E-state index contributed by atoms with van der Waals surface area (Å²) >= 11 is 0. The number of aryl methyl sites for hydroxylation is 1. The molecule has 2 aliphatic rings. The van der Waals surface area contributed by atoms with Gasteiger partial charge in [-0.2, -0.15) is 0 Å². The van der Waals surface area contributed by atoms with Crippen LogP contribution in [0.2, 0.25) is 0 Å². The molecule has 30 heavy (non-hydrogen) atoms. The molecule has 1 aliphatic carbocycles. The lowest BCUT2D eigenvalue weighted by atomic mass is 9.94. The van der Waals surface area contributed by atoms with Gasteiger partial charge in [0, 0.05) is 35.8 Å². The lowest BCUT2D eigenvalue weighted by molar-refractivity contribution is -0.127. The highest BCUT2D eigenvalue weighted by Crippen LogP contribution is 2.33. The molecule has 160 valence electrons. The summed E-state index contributed by atoms with van der Waals surface area (Å²) in [6, 6.07) is 9.99. The number of nitrogens with zero attached hydrogens (tertiary/aromatic N) is 3. The lowest BCUT2D eigenvalue weighted by Crippen LogP contribution is -2.47. The maximum Gasteiger partial charge on any atom is 0.223 e. The van der Waals surface area contributed by atoms with Crippen LogP contribution in [0.3, 0.4) is 0 Å². The van der Waals surface area contributed by atoms with Crippen molar-refractivity contribution in [3.63, 3.8) is 0 Å². The highest BCUT2D eigenvalue weighted by molar-refractivity contribution is 5.79. The normalized spacial score (nSPS) is 17.8. The van der Waals surface area contributed by atoms with Gasteiger partial charge in [0.1, 0.15) is 5.82 Å². The van der Waals surface area contributed by atoms with Crippen molar-refractivity contribution in [1.82, 2.24) is 15.3 Å². The number of aromatic nitrogens is 2. The van der Waals surface area contributed by atoms with E-state index in [0.29, 0.717) is 0 Å². The minimum Gasteiger partial charge on any atom is -0.394 e. The standard InChI is InChI=1S/C24H32N4O2/c1-16(2)21(15-29)26-24(30)18-11-13-28(14-12-18)23-19-9-6-10-20(19)25-22(27-23)17-7-4-3-5-8-17/h3-5,7-8,16,18,21,29H,6,9-15H2,1-2H3,(H,26,30). The third-order valence-corrected chi connectivity index (χ3v) is 6.44. The van der Waals surface area contributed by atoms with Crippen molar-refractivity contribution in [2.24, 2.45) is 11.8 Å². The highest BCUT2D eigenvalue weighted by Gasteiger charge is 2.30. The van der Waals surface area contributed by atoms with Gasteiger partial charge in [-0.05, 0) is 38.0 Å². The minimum atomic E-state index is -0.172. The Morgan fingerprint density at radius 1 is 1.17 bits per heavy atom. The first kappa shape index (κ1) is 20.8. The fraction of sp³-hybridized carbons (Fsp3) is 0.542. The van der Waals surface area contributed by atoms with E-state index >= 15 is 0 Å². The molecule has 4 rings (SSSR count). The second-order valence-corrected chi connectivity index (χ2v) is 8.82. The number of fused-ring (bicyclic) bond motifs is 1. The molecule has 2 aromatic rings. The van der Waals surface area contributed by atoms with Crippen molar-refractivity contribution in [1.29, 1.82) is 0 Å². The fourth-order valence-corrected chi connectivity index (χ4v) is 4.47. The largest absolute Gasteiger partial charge is 0.394 e. The van der Waals surface area contributed by atoms with Crippen LogP contribution in [0.1, 0.15) is 44.4 Å². The van der Waals surface area contributed by atoms with E-state index in [1.165, 1.54) is 11.3 Å². The quantitative estimate of drug-likeness (QED) is 0.768. The van der Waals surface area contributed by atoms with Gasteiger partial charge in [0.25, 0.3) is 0 Å². The Morgan fingerprint density at radius 3 is 2.57 bits per heavy atom. The van der Waals surface area contributed by atoms with Crippen LogP contribution in [-0.2, 0) is 17.6 Å². The summed E-state index contributed by atoms with van der Waals surface area (Å²) in [5.74, 6) is 2.15. The molecule has 0 radical (unpaired) electrons. The molecule has 1 aromatic carbocycles. The van der Waals surface area contributed by atoms with E-state index < -0.39 is 0 Å². The maximum atomic E-state index is 12.7. The van der Waals surface area contributed by atoms with Gasteiger partial charge in [0.15, 0.2) is 5.82 Å². The predicted octanol–water partition coefficient (Wildman–Crippen LogP) is 2.98. The molecule has 1 aliphatic heterocycles. The molecule has 0 saturated carbocycles. The monoisotopic (exact) mass is 408 g/mol. The number of piperidine rings is 1. The van der Waals surface area contributed by atoms with E-state index in [0.717, 1.165) is 62.4 Å². The Bertz CT molecular complexity index is 876. The van der Waals surface area contributed by atoms with E-state index in [4.69, 9.17) is 9.97 Å². The van der Waals surface area contributed by atoms with Crippen molar-refractivity contribution in [3.05, 3.63) is 41.6 Å². The van der Waals surface area contributed by atoms with Crippen LogP contribution in [0.5, 0.6) is 0 Å². The van der Waals surface area contributed by atoms with Crippen LogP contribution in [0.4, 0.5) is 5.82 Å². The molecule has 1 amide bonds. The average Bonchev–Trinajstić information content (AvgIpc) is 3.26. The molecule has 0 bridgehead atoms. The summed E-state index contributed by atoms with van der Waals surface area (Å²) in [5, 5.41) is 12.5. The summed E-state index contributed by atoms with van der Waals surface area (Å²) in [4.78, 5) is 24.8. The summed E-state index contributed by atoms with van der Waals surface area (Å²) in [6.07, 6.45) is 4.79. The van der Waals surface area contributed by atoms with Gasteiger partial charge in [-0.3, -0.25) is 4.79 Å². The zero-order valence-electron chi connectivity index (χ0n) is 18.0. The molecule has 2 N–H and O–H groups in total. The molecule has 1 saturated heterocycles. The molecule has 1 unspecified atom stereocenters. The number of aliphatic hydroxyl groups excluding tert-OH is 1.